The summed E-state index contributed by atoms with van der Waals surface area (Å²) in [5, 5.41) is 11.7. The van der Waals surface area contributed by atoms with Crippen molar-refractivity contribution in [3.8, 4) is 0 Å². The van der Waals surface area contributed by atoms with E-state index in [-0.39, 0.29) is 24.0 Å². The van der Waals surface area contributed by atoms with Gasteiger partial charge >= 0.3 is 0 Å². The lowest BCUT2D eigenvalue weighted by atomic mass is 10.3. The summed E-state index contributed by atoms with van der Waals surface area (Å²) in [5.74, 6) is 0.280. The molecule has 3 rings (SSSR count). The number of nitrogens with zero attached hydrogens (tertiary/aromatic N) is 4. The highest BCUT2D eigenvalue weighted by molar-refractivity contribution is 8.00. The fraction of sp³-hybridized carbons (Fsp3) is 0.333. The number of non-ortho nitro benzene ring substituents is 1. The fourth-order valence-corrected chi connectivity index (χ4v) is 4.82. The number of amides is 1. The van der Waals surface area contributed by atoms with Gasteiger partial charge in [-0.05, 0) is 31.3 Å². The maximum atomic E-state index is 13.1. The number of carbonyl (C=O) groups excluding carboxylic acids is 1. The Morgan fingerprint density at radius 2 is 1.84 bits per heavy atom. The Kier molecular flexibility index (Phi) is 9.70. The Morgan fingerprint density at radius 3 is 2.48 bits per heavy atom. The highest BCUT2D eigenvalue weighted by Gasteiger charge is 2.21. The Hall–Kier alpha value is -2.20. The van der Waals surface area contributed by atoms with Gasteiger partial charge in [0.25, 0.3) is 5.69 Å². The minimum atomic E-state index is -0.418. The topological polar surface area (TPSA) is 79.6 Å². The summed E-state index contributed by atoms with van der Waals surface area (Å²) in [6.45, 7) is 7.27. The minimum absolute atomic E-state index is 0. The maximum Gasteiger partial charge on any atom is 0.270 e. The summed E-state index contributed by atoms with van der Waals surface area (Å²) >= 11 is 2.81. The number of anilines is 1. The van der Waals surface area contributed by atoms with Crippen LogP contribution in [0, 0.1) is 10.1 Å². The number of rotatable bonds is 10. The van der Waals surface area contributed by atoms with Crippen LogP contribution in [0.1, 0.15) is 13.8 Å². The van der Waals surface area contributed by atoms with Gasteiger partial charge in [-0.3, -0.25) is 19.8 Å². The van der Waals surface area contributed by atoms with Crippen LogP contribution >= 0.6 is 35.5 Å². The summed E-state index contributed by atoms with van der Waals surface area (Å²) in [6.07, 6.45) is 0. The third kappa shape index (κ3) is 6.64. The van der Waals surface area contributed by atoms with Gasteiger partial charge in [0, 0.05) is 30.1 Å². The maximum absolute atomic E-state index is 13.1. The van der Waals surface area contributed by atoms with Crippen LogP contribution < -0.4 is 4.90 Å². The van der Waals surface area contributed by atoms with Crippen LogP contribution in [0.25, 0.3) is 10.2 Å². The first-order valence-electron chi connectivity index (χ1n) is 9.77. The van der Waals surface area contributed by atoms with Gasteiger partial charge in [0.05, 0.1) is 20.9 Å². The highest BCUT2D eigenvalue weighted by atomic mass is 35.5. The molecule has 0 bridgehead atoms. The Labute approximate surface area is 196 Å². The lowest BCUT2D eigenvalue weighted by molar-refractivity contribution is -0.384. The number of aromatic nitrogens is 1. The molecule has 7 nitrogen and oxygen atoms in total. The van der Waals surface area contributed by atoms with Gasteiger partial charge in [-0.25, -0.2) is 4.98 Å². The summed E-state index contributed by atoms with van der Waals surface area (Å²) < 4.78 is 0.704. The molecule has 0 aliphatic carbocycles. The Morgan fingerprint density at radius 1 is 1.13 bits per heavy atom. The predicted octanol–water partition coefficient (Wildman–Crippen LogP) is 5.09. The average Bonchev–Trinajstić information content (AvgIpc) is 3.18. The molecule has 0 saturated carbocycles. The molecule has 2 aromatic carbocycles. The number of hydrogen-bond donors (Lipinski definition) is 0. The molecular formula is C21H25ClN4O3S2. The number of carbonyl (C=O) groups is 1. The van der Waals surface area contributed by atoms with Gasteiger partial charge in [-0.15, -0.1) is 24.2 Å². The fourth-order valence-electron chi connectivity index (χ4n) is 2.98. The first-order chi connectivity index (χ1) is 14.5. The van der Waals surface area contributed by atoms with Crippen LogP contribution in [0.4, 0.5) is 10.8 Å². The van der Waals surface area contributed by atoms with E-state index in [2.05, 4.69) is 23.7 Å². The monoisotopic (exact) mass is 480 g/mol. The number of thioether (sulfide) groups is 1. The molecule has 0 fully saturated rings. The zero-order chi connectivity index (χ0) is 21.5. The summed E-state index contributed by atoms with van der Waals surface area (Å²) in [4.78, 5) is 33.4. The van der Waals surface area contributed by atoms with Gasteiger partial charge in [0.2, 0.25) is 5.91 Å². The van der Waals surface area contributed by atoms with E-state index < -0.39 is 4.92 Å². The van der Waals surface area contributed by atoms with Crippen molar-refractivity contribution in [1.29, 1.82) is 0 Å². The largest absolute Gasteiger partial charge is 0.302 e. The van der Waals surface area contributed by atoms with E-state index in [9.17, 15) is 14.9 Å². The van der Waals surface area contributed by atoms with Crippen molar-refractivity contribution in [3.63, 3.8) is 0 Å². The third-order valence-electron chi connectivity index (χ3n) is 4.74. The first-order valence-corrected chi connectivity index (χ1v) is 11.6. The number of fused-ring (bicyclic) bond motifs is 1. The van der Waals surface area contributed by atoms with Crippen molar-refractivity contribution in [2.24, 2.45) is 0 Å². The standard InChI is InChI=1S/C21H24N4O3S2.ClH/c1-3-23(4-2)12-13-24(20(26)15-29-17-8-6-5-7-9-17)21-22-18-11-10-16(25(27)28)14-19(18)30-21;/h5-11,14H,3-4,12-13,15H2,1-2H3;1H. The third-order valence-corrected chi connectivity index (χ3v) is 6.78. The smallest absolute Gasteiger partial charge is 0.270 e. The van der Waals surface area contributed by atoms with Gasteiger partial charge in [0.1, 0.15) is 0 Å². The molecule has 1 amide bonds. The van der Waals surface area contributed by atoms with Crippen LogP contribution in [0.3, 0.4) is 0 Å². The van der Waals surface area contributed by atoms with Crippen LogP contribution in [-0.4, -0.2) is 52.6 Å². The van der Waals surface area contributed by atoms with Crippen LogP contribution in [0.2, 0.25) is 0 Å². The number of thiazole rings is 1. The summed E-state index contributed by atoms with van der Waals surface area (Å²) in [5.41, 5.74) is 0.690. The normalized spacial score (nSPS) is 10.8. The zero-order valence-corrected chi connectivity index (χ0v) is 19.8. The zero-order valence-electron chi connectivity index (χ0n) is 17.4. The van der Waals surface area contributed by atoms with E-state index in [0.717, 1.165) is 24.5 Å². The molecule has 10 heteroatoms. The predicted molar refractivity (Wildman–Crippen MR) is 131 cm³/mol. The van der Waals surface area contributed by atoms with E-state index in [1.54, 1.807) is 11.0 Å². The van der Waals surface area contributed by atoms with Gasteiger partial charge in [-0.2, -0.15) is 0 Å². The molecule has 1 heterocycles. The van der Waals surface area contributed by atoms with Crippen LogP contribution in [0.15, 0.2) is 53.4 Å². The van der Waals surface area contributed by atoms with E-state index in [4.69, 9.17) is 0 Å². The second kappa shape index (κ2) is 12.0. The first kappa shape index (κ1) is 25.1. The molecular weight excluding hydrogens is 456 g/mol. The molecule has 0 unspecified atom stereocenters. The minimum Gasteiger partial charge on any atom is -0.302 e. The number of likely N-dealkylation sites (N-methyl/N-ethyl adjacent to an activating group) is 1. The quantitative estimate of drug-likeness (QED) is 0.228. The lowest BCUT2D eigenvalue weighted by Gasteiger charge is -2.24. The van der Waals surface area contributed by atoms with E-state index in [0.29, 0.717) is 27.6 Å². The molecule has 0 spiro atoms. The average molecular weight is 481 g/mol. The molecule has 0 aliphatic heterocycles. The molecule has 0 atom stereocenters. The van der Waals surface area contributed by atoms with E-state index in [1.165, 1.54) is 35.2 Å². The van der Waals surface area contributed by atoms with Crippen molar-refractivity contribution in [2.45, 2.75) is 18.7 Å². The number of benzene rings is 2. The Balaban J connectivity index is 0.00000341. The van der Waals surface area contributed by atoms with Gasteiger partial charge in [0.15, 0.2) is 5.13 Å². The van der Waals surface area contributed by atoms with Gasteiger partial charge < -0.3 is 4.90 Å². The highest BCUT2D eigenvalue weighted by Crippen LogP contribution is 2.32. The van der Waals surface area contributed by atoms with Crippen molar-refractivity contribution in [3.05, 3.63) is 58.6 Å². The SMILES string of the molecule is CCN(CC)CCN(C(=O)CSc1ccccc1)c1nc2ccc([N+](=O)[O-])cc2s1.Cl. The molecule has 31 heavy (non-hydrogen) atoms. The molecule has 3 aromatic rings. The van der Waals surface area contributed by atoms with Gasteiger partial charge in [-0.1, -0.05) is 43.4 Å². The molecule has 0 radical (unpaired) electrons. The van der Waals surface area contributed by atoms with Crippen molar-refractivity contribution in [2.75, 3.05) is 36.8 Å². The van der Waals surface area contributed by atoms with Crippen molar-refractivity contribution in [1.82, 2.24) is 9.88 Å². The molecule has 1 aromatic heterocycles. The second-order valence-corrected chi connectivity index (χ2v) is 8.64. The number of hydrogen-bond acceptors (Lipinski definition) is 7. The summed E-state index contributed by atoms with van der Waals surface area (Å²) in [7, 11) is 0. The van der Waals surface area contributed by atoms with E-state index >= 15 is 0 Å². The number of halogens is 1. The summed E-state index contributed by atoms with van der Waals surface area (Å²) in [6, 6.07) is 14.4. The van der Waals surface area contributed by atoms with Crippen molar-refractivity contribution < 1.29 is 9.72 Å². The second-order valence-electron chi connectivity index (χ2n) is 6.58. The van der Waals surface area contributed by atoms with Crippen LogP contribution in [0.5, 0.6) is 0 Å². The molecule has 0 N–H and O–H groups in total. The Bertz CT molecular complexity index is 1010. The lowest BCUT2D eigenvalue weighted by Crippen LogP contribution is -2.39. The number of nitro benzene ring substituents is 1. The van der Waals surface area contributed by atoms with Crippen LogP contribution in [-0.2, 0) is 4.79 Å². The molecule has 166 valence electrons. The molecule has 0 aliphatic rings. The van der Waals surface area contributed by atoms with E-state index in [1.807, 2.05) is 30.3 Å². The number of nitro groups is 1. The van der Waals surface area contributed by atoms with Crippen molar-refractivity contribution >= 4 is 62.4 Å². The molecule has 0 saturated heterocycles.